The number of H-pyrrole nitrogens is 1. The predicted molar refractivity (Wildman–Crippen MR) is 86.7 cm³/mol. The van der Waals surface area contributed by atoms with Gasteiger partial charge in [-0.05, 0) is 30.3 Å². The molecule has 0 fully saturated rings. The van der Waals surface area contributed by atoms with Gasteiger partial charge >= 0.3 is 0 Å². The highest BCUT2D eigenvalue weighted by atomic mass is 15.1. The fraction of sp³-hybridized carbons (Fsp3) is 0.235. The minimum absolute atomic E-state index is 0.759. The first-order valence-corrected chi connectivity index (χ1v) is 7.25. The summed E-state index contributed by atoms with van der Waals surface area (Å²) in [5.74, 6) is 0.980. The summed E-state index contributed by atoms with van der Waals surface area (Å²) in [5.41, 5.74) is 9.85. The summed E-state index contributed by atoms with van der Waals surface area (Å²) in [4.78, 5) is 10.3. The number of imidazole rings is 1. The third-order valence-electron chi connectivity index (χ3n) is 3.62. The molecule has 108 valence electrons. The van der Waals surface area contributed by atoms with Gasteiger partial charge in [0.25, 0.3) is 0 Å². The lowest BCUT2D eigenvalue weighted by Gasteiger charge is -2.19. The molecule has 0 aliphatic heterocycles. The molecule has 0 atom stereocenters. The van der Waals surface area contributed by atoms with Crippen molar-refractivity contribution in [2.75, 3.05) is 12.3 Å². The van der Waals surface area contributed by atoms with Crippen LogP contribution in [0.15, 0.2) is 48.5 Å². The van der Waals surface area contributed by atoms with E-state index in [4.69, 9.17) is 5.73 Å². The smallest absolute Gasteiger partial charge is 0.121 e. The van der Waals surface area contributed by atoms with Gasteiger partial charge in [-0.25, -0.2) is 4.98 Å². The quantitative estimate of drug-likeness (QED) is 0.706. The molecule has 0 aliphatic rings. The van der Waals surface area contributed by atoms with Crippen molar-refractivity contribution in [1.29, 1.82) is 0 Å². The summed E-state index contributed by atoms with van der Waals surface area (Å²) in [6.45, 7) is 4.88. The maximum atomic E-state index is 5.80. The highest BCUT2D eigenvalue weighted by Crippen LogP contribution is 2.16. The Kier molecular flexibility index (Phi) is 3.88. The van der Waals surface area contributed by atoms with Crippen LogP contribution >= 0.6 is 0 Å². The van der Waals surface area contributed by atoms with Crippen LogP contribution in [-0.2, 0) is 13.1 Å². The van der Waals surface area contributed by atoms with Gasteiger partial charge < -0.3 is 10.7 Å². The summed E-state index contributed by atoms with van der Waals surface area (Å²) in [5, 5.41) is 0. The SMILES string of the molecule is CCN(Cc1ccccc1)Cc1nc2ccc(N)cc2[nH]1. The van der Waals surface area contributed by atoms with E-state index >= 15 is 0 Å². The molecule has 3 rings (SSSR count). The van der Waals surface area contributed by atoms with Crippen molar-refractivity contribution in [3.05, 3.63) is 59.9 Å². The van der Waals surface area contributed by atoms with Gasteiger partial charge in [0.1, 0.15) is 5.82 Å². The zero-order chi connectivity index (χ0) is 14.7. The molecule has 0 spiro atoms. The second-order valence-electron chi connectivity index (χ2n) is 5.25. The van der Waals surface area contributed by atoms with E-state index in [9.17, 15) is 0 Å². The first-order valence-electron chi connectivity index (χ1n) is 7.25. The van der Waals surface area contributed by atoms with Crippen LogP contribution in [0.4, 0.5) is 5.69 Å². The average molecular weight is 280 g/mol. The number of nitrogens with two attached hydrogens (primary N) is 1. The molecular weight excluding hydrogens is 260 g/mol. The van der Waals surface area contributed by atoms with Crippen molar-refractivity contribution in [2.24, 2.45) is 0 Å². The van der Waals surface area contributed by atoms with Gasteiger partial charge in [0, 0.05) is 12.2 Å². The Morgan fingerprint density at radius 2 is 1.90 bits per heavy atom. The van der Waals surface area contributed by atoms with Gasteiger partial charge in [-0.3, -0.25) is 4.90 Å². The lowest BCUT2D eigenvalue weighted by molar-refractivity contribution is 0.265. The number of rotatable bonds is 5. The van der Waals surface area contributed by atoms with E-state index in [-0.39, 0.29) is 0 Å². The van der Waals surface area contributed by atoms with Gasteiger partial charge in [0.2, 0.25) is 0 Å². The summed E-state index contributed by atoms with van der Waals surface area (Å²) >= 11 is 0. The molecule has 0 amide bonds. The molecule has 0 saturated carbocycles. The Morgan fingerprint density at radius 1 is 1.10 bits per heavy atom. The molecule has 1 aromatic heterocycles. The Hall–Kier alpha value is -2.33. The van der Waals surface area contributed by atoms with Gasteiger partial charge in [-0.1, -0.05) is 37.3 Å². The second-order valence-corrected chi connectivity index (χ2v) is 5.25. The van der Waals surface area contributed by atoms with E-state index in [2.05, 4.69) is 46.1 Å². The van der Waals surface area contributed by atoms with Crippen LogP contribution in [0, 0.1) is 0 Å². The van der Waals surface area contributed by atoms with E-state index in [1.165, 1.54) is 5.56 Å². The van der Waals surface area contributed by atoms with Crippen molar-refractivity contribution >= 4 is 16.7 Å². The zero-order valence-electron chi connectivity index (χ0n) is 12.2. The van der Waals surface area contributed by atoms with Crippen molar-refractivity contribution < 1.29 is 0 Å². The van der Waals surface area contributed by atoms with Crippen LogP contribution in [0.1, 0.15) is 18.3 Å². The summed E-state index contributed by atoms with van der Waals surface area (Å²) < 4.78 is 0. The molecule has 0 bridgehead atoms. The lowest BCUT2D eigenvalue weighted by atomic mass is 10.2. The molecule has 1 heterocycles. The number of aromatic nitrogens is 2. The molecule has 21 heavy (non-hydrogen) atoms. The standard InChI is InChI=1S/C17H20N4/c1-2-21(11-13-6-4-3-5-7-13)12-17-19-15-9-8-14(18)10-16(15)20-17/h3-10H,2,11-12,18H2,1H3,(H,19,20). The summed E-state index contributed by atoms with van der Waals surface area (Å²) in [7, 11) is 0. The molecule has 2 aromatic carbocycles. The van der Waals surface area contributed by atoms with Crippen molar-refractivity contribution in [1.82, 2.24) is 14.9 Å². The molecule has 0 unspecified atom stereocenters. The molecule has 4 heteroatoms. The predicted octanol–water partition coefficient (Wildman–Crippen LogP) is 3.17. The summed E-state index contributed by atoms with van der Waals surface area (Å²) in [6, 6.07) is 16.3. The van der Waals surface area contributed by atoms with Gasteiger partial charge in [-0.15, -0.1) is 0 Å². The Labute approximate surface area is 124 Å². The van der Waals surface area contributed by atoms with Crippen molar-refractivity contribution in [3.63, 3.8) is 0 Å². The number of aromatic amines is 1. The number of nitrogen functional groups attached to an aromatic ring is 1. The largest absolute Gasteiger partial charge is 0.399 e. The van der Waals surface area contributed by atoms with Gasteiger partial charge in [-0.2, -0.15) is 0 Å². The lowest BCUT2D eigenvalue weighted by Crippen LogP contribution is -2.22. The molecular formula is C17H20N4. The molecule has 0 aliphatic carbocycles. The van der Waals surface area contributed by atoms with E-state index in [1.54, 1.807) is 0 Å². The van der Waals surface area contributed by atoms with Crippen LogP contribution in [-0.4, -0.2) is 21.4 Å². The van der Waals surface area contributed by atoms with Crippen LogP contribution in [0.5, 0.6) is 0 Å². The number of nitrogens with zero attached hydrogens (tertiary/aromatic N) is 2. The fourth-order valence-electron chi connectivity index (χ4n) is 2.49. The highest BCUT2D eigenvalue weighted by molar-refractivity contribution is 5.78. The molecule has 3 aromatic rings. The average Bonchev–Trinajstić information content (AvgIpc) is 2.89. The van der Waals surface area contributed by atoms with Crippen LogP contribution < -0.4 is 5.73 Å². The molecule has 0 saturated heterocycles. The van der Waals surface area contributed by atoms with Crippen LogP contribution in [0.25, 0.3) is 11.0 Å². The highest BCUT2D eigenvalue weighted by Gasteiger charge is 2.09. The van der Waals surface area contributed by atoms with E-state index in [0.717, 1.165) is 42.2 Å². The van der Waals surface area contributed by atoms with E-state index in [0.29, 0.717) is 0 Å². The minimum Gasteiger partial charge on any atom is -0.399 e. The van der Waals surface area contributed by atoms with Crippen LogP contribution in [0.3, 0.4) is 0 Å². The van der Waals surface area contributed by atoms with Gasteiger partial charge in [0.05, 0.1) is 17.6 Å². The van der Waals surface area contributed by atoms with Gasteiger partial charge in [0.15, 0.2) is 0 Å². The Morgan fingerprint density at radius 3 is 2.67 bits per heavy atom. The topological polar surface area (TPSA) is 57.9 Å². The van der Waals surface area contributed by atoms with Crippen molar-refractivity contribution in [3.8, 4) is 0 Å². The second kappa shape index (κ2) is 5.97. The Bertz CT molecular complexity index is 718. The number of hydrogen-bond acceptors (Lipinski definition) is 3. The molecule has 3 N–H and O–H groups in total. The maximum Gasteiger partial charge on any atom is 0.121 e. The van der Waals surface area contributed by atoms with Crippen LogP contribution in [0.2, 0.25) is 0 Å². The molecule has 4 nitrogen and oxygen atoms in total. The first kappa shape index (κ1) is 13.6. The number of anilines is 1. The number of fused-ring (bicyclic) bond motifs is 1. The van der Waals surface area contributed by atoms with Crippen molar-refractivity contribution in [2.45, 2.75) is 20.0 Å². The maximum absolute atomic E-state index is 5.80. The zero-order valence-corrected chi connectivity index (χ0v) is 12.2. The number of benzene rings is 2. The number of hydrogen-bond donors (Lipinski definition) is 2. The third kappa shape index (κ3) is 3.23. The molecule has 0 radical (unpaired) electrons. The van der Waals surface area contributed by atoms with E-state index in [1.807, 2.05) is 24.3 Å². The normalized spacial score (nSPS) is 11.3. The van der Waals surface area contributed by atoms with E-state index < -0.39 is 0 Å². The minimum atomic E-state index is 0.759. The monoisotopic (exact) mass is 280 g/mol. The summed E-state index contributed by atoms with van der Waals surface area (Å²) in [6.07, 6.45) is 0. The Balaban J connectivity index is 1.76. The third-order valence-corrected chi connectivity index (χ3v) is 3.62. The fourth-order valence-corrected chi connectivity index (χ4v) is 2.49. The first-order chi connectivity index (χ1) is 10.2. The number of nitrogens with one attached hydrogen (secondary N) is 1.